The third-order valence-electron chi connectivity index (χ3n) is 5.25. The minimum absolute atomic E-state index is 0.165. The van der Waals surface area contributed by atoms with Gasteiger partial charge in [0.1, 0.15) is 0 Å². The van der Waals surface area contributed by atoms with Crippen LogP contribution in [0.15, 0.2) is 47.4 Å². The summed E-state index contributed by atoms with van der Waals surface area (Å²) in [5.41, 5.74) is 8.45. The number of hydrogen-bond donors (Lipinski definition) is 2. The Morgan fingerprint density at radius 1 is 0.967 bits per heavy atom. The van der Waals surface area contributed by atoms with Crippen LogP contribution in [0.4, 0.5) is 0 Å². The van der Waals surface area contributed by atoms with Gasteiger partial charge in [0, 0.05) is 25.1 Å². The van der Waals surface area contributed by atoms with Crippen LogP contribution in [-0.2, 0) is 21.2 Å². The molecule has 8 heteroatoms. The second-order valence-electron chi connectivity index (χ2n) is 7.57. The van der Waals surface area contributed by atoms with Crippen LogP contribution in [0.5, 0.6) is 0 Å². The van der Waals surface area contributed by atoms with Crippen LogP contribution in [0, 0.1) is 13.8 Å². The number of hydrogen-bond acceptors (Lipinski definition) is 4. The number of sulfonamides is 1. The van der Waals surface area contributed by atoms with Crippen LogP contribution in [-0.4, -0.2) is 37.6 Å². The smallest absolute Gasteiger partial charge is 0.269 e. The van der Waals surface area contributed by atoms with Gasteiger partial charge in [-0.05, 0) is 68.5 Å². The Labute approximate surface area is 177 Å². The quantitative estimate of drug-likeness (QED) is 0.690. The van der Waals surface area contributed by atoms with Crippen molar-refractivity contribution >= 4 is 21.8 Å². The van der Waals surface area contributed by atoms with E-state index in [1.54, 1.807) is 0 Å². The van der Waals surface area contributed by atoms with E-state index in [0.29, 0.717) is 19.5 Å². The van der Waals surface area contributed by atoms with Gasteiger partial charge in [-0.15, -0.1) is 0 Å². The Morgan fingerprint density at radius 2 is 1.63 bits per heavy atom. The summed E-state index contributed by atoms with van der Waals surface area (Å²) in [5, 5.41) is 0. The summed E-state index contributed by atoms with van der Waals surface area (Å²) in [6, 6.07) is 11.8. The number of aryl methyl sites for hydroxylation is 3. The maximum atomic E-state index is 12.5. The summed E-state index contributed by atoms with van der Waals surface area (Å²) in [6.07, 6.45) is 2.56. The van der Waals surface area contributed by atoms with Crippen molar-refractivity contribution in [3.05, 3.63) is 64.7 Å². The highest BCUT2D eigenvalue weighted by Gasteiger charge is 2.27. The Balaban J connectivity index is 1.51. The van der Waals surface area contributed by atoms with Crippen molar-refractivity contribution in [2.45, 2.75) is 44.4 Å². The van der Waals surface area contributed by atoms with E-state index in [1.165, 1.54) is 34.1 Å². The summed E-state index contributed by atoms with van der Waals surface area (Å²) in [4.78, 5) is 24.5. The zero-order chi connectivity index (χ0) is 21.7. The van der Waals surface area contributed by atoms with Crippen LogP contribution in [0.1, 0.15) is 46.3 Å². The Kier molecular flexibility index (Phi) is 6.89. The van der Waals surface area contributed by atoms with Crippen LogP contribution in [0.2, 0.25) is 0 Å². The van der Waals surface area contributed by atoms with Crippen molar-refractivity contribution in [3.63, 3.8) is 0 Å². The molecule has 2 amide bonds. The number of hydrazine groups is 1. The van der Waals surface area contributed by atoms with Gasteiger partial charge in [0.25, 0.3) is 5.91 Å². The lowest BCUT2D eigenvalue weighted by atomic mass is 10.0. The lowest BCUT2D eigenvalue weighted by Crippen LogP contribution is -2.41. The maximum Gasteiger partial charge on any atom is 0.269 e. The summed E-state index contributed by atoms with van der Waals surface area (Å²) in [5.74, 6) is -0.795. The molecule has 1 fully saturated rings. The molecule has 30 heavy (non-hydrogen) atoms. The second-order valence-corrected chi connectivity index (χ2v) is 9.51. The predicted octanol–water partition coefficient (Wildman–Crippen LogP) is 2.48. The molecular formula is C22H27N3O4S. The number of nitrogens with zero attached hydrogens (tertiary/aromatic N) is 1. The van der Waals surface area contributed by atoms with Crippen LogP contribution in [0.25, 0.3) is 0 Å². The molecule has 0 atom stereocenters. The van der Waals surface area contributed by atoms with Crippen LogP contribution >= 0.6 is 0 Å². The number of carbonyl (C=O) groups excluding carboxylic acids is 2. The van der Waals surface area contributed by atoms with Gasteiger partial charge >= 0.3 is 0 Å². The van der Waals surface area contributed by atoms with Crippen molar-refractivity contribution in [2.75, 3.05) is 13.1 Å². The highest BCUT2D eigenvalue weighted by atomic mass is 32.2. The molecule has 0 radical (unpaired) electrons. The highest BCUT2D eigenvalue weighted by Crippen LogP contribution is 2.21. The Hall–Kier alpha value is -2.71. The fourth-order valence-electron chi connectivity index (χ4n) is 3.49. The van der Waals surface area contributed by atoms with E-state index in [1.807, 2.05) is 26.0 Å². The summed E-state index contributed by atoms with van der Waals surface area (Å²) in [6.45, 7) is 5.08. The number of nitrogens with one attached hydrogen (secondary N) is 2. The molecule has 0 aliphatic carbocycles. The normalized spacial score (nSPS) is 14.5. The predicted molar refractivity (Wildman–Crippen MR) is 114 cm³/mol. The molecule has 1 heterocycles. The molecule has 0 unspecified atom stereocenters. The number of rotatable bonds is 6. The molecule has 2 N–H and O–H groups in total. The molecule has 0 bridgehead atoms. The van der Waals surface area contributed by atoms with Gasteiger partial charge in [-0.1, -0.05) is 23.8 Å². The van der Waals surface area contributed by atoms with Crippen LogP contribution in [0.3, 0.4) is 0 Å². The average molecular weight is 430 g/mol. The minimum Gasteiger partial charge on any atom is -0.273 e. The second kappa shape index (κ2) is 9.40. The van der Waals surface area contributed by atoms with E-state index in [-0.39, 0.29) is 22.8 Å². The molecule has 3 rings (SSSR count). The zero-order valence-corrected chi connectivity index (χ0v) is 18.1. The first kappa shape index (κ1) is 22.0. The van der Waals surface area contributed by atoms with Gasteiger partial charge in [0.15, 0.2) is 0 Å². The standard InChI is InChI=1S/C22H27N3O4S/c1-16-5-6-18(17(2)15-16)9-12-21(26)23-24-22(27)19-7-10-20(11-8-19)30(28,29)25-13-3-4-14-25/h5-8,10-11,15H,3-4,9,12-14H2,1-2H3,(H,23,26)(H,24,27). The molecule has 0 spiro atoms. The van der Waals surface area contributed by atoms with E-state index < -0.39 is 15.9 Å². The maximum absolute atomic E-state index is 12.5. The molecule has 160 valence electrons. The highest BCUT2D eigenvalue weighted by molar-refractivity contribution is 7.89. The Morgan fingerprint density at radius 3 is 2.27 bits per heavy atom. The number of amides is 2. The van der Waals surface area contributed by atoms with Crippen molar-refractivity contribution in [1.29, 1.82) is 0 Å². The topological polar surface area (TPSA) is 95.6 Å². The fourth-order valence-corrected chi connectivity index (χ4v) is 5.01. The van der Waals surface area contributed by atoms with Gasteiger partial charge in [-0.2, -0.15) is 4.31 Å². The third-order valence-corrected chi connectivity index (χ3v) is 7.17. The van der Waals surface area contributed by atoms with Crippen molar-refractivity contribution in [3.8, 4) is 0 Å². The lowest BCUT2D eigenvalue weighted by molar-refractivity contribution is -0.121. The van der Waals surface area contributed by atoms with Gasteiger partial charge in [-0.25, -0.2) is 8.42 Å². The summed E-state index contributed by atoms with van der Waals surface area (Å²) in [7, 11) is -3.52. The van der Waals surface area contributed by atoms with E-state index in [9.17, 15) is 18.0 Å². The molecule has 0 saturated carbocycles. The molecular weight excluding hydrogens is 402 g/mol. The first-order valence-electron chi connectivity index (χ1n) is 10.0. The van der Waals surface area contributed by atoms with E-state index in [4.69, 9.17) is 0 Å². The fraction of sp³-hybridized carbons (Fsp3) is 0.364. The van der Waals surface area contributed by atoms with Crippen LogP contribution < -0.4 is 10.9 Å². The van der Waals surface area contributed by atoms with Gasteiger partial charge in [-0.3, -0.25) is 20.4 Å². The largest absolute Gasteiger partial charge is 0.273 e. The summed E-state index contributed by atoms with van der Waals surface area (Å²) >= 11 is 0. The number of benzene rings is 2. The first-order chi connectivity index (χ1) is 14.3. The molecule has 2 aromatic carbocycles. The SMILES string of the molecule is Cc1ccc(CCC(=O)NNC(=O)c2ccc(S(=O)(=O)N3CCCC3)cc2)c(C)c1. The van der Waals surface area contributed by atoms with Crippen molar-refractivity contribution < 1.29 is 18.0 Å². The summed E-state index contributed by atoms with van der Waals surface area (Å²) < 4.78 is 26.5. The molecule has 1 aliphatic rings. The van der Waals surface area contributed by atoms with Crippen molar-refractivity contribution in [1.82, 2.24) is 15.2 Å². The molecule has 7 nitrogen and oxygen atoms in total. The molecule has 1 aliphatic heterocycles. The first-order valence-corrected chi connectivity index (χ1v) is 11.5. The molecule has 0 aromatic heterocycles. The van der Waals surface area contributed by atoms with E-state index in [2.05, 4.69) is 16.9 Å². The monoisotopic (exact) mass is 429 g/mol. The van der Waals surface area contributed by atoms with Crippen molar-refractivity contribution in [2.24, 2.45) is 0 Å². The van der Waals surface area contributed by atoms with Gasteiger partial charge in [0.2, 0.25) is 15.9 Å². The van der Waals surface area contributed by atoms with Gasteiger partial charge in [0.05, 0.1) is 4.90 Å². The molecule has 2 aromatic rings. The Bertz CT molecular complexity index is 1030. The molecule has 1 saturated heterocycles. The third kappa shape index (κ3) is 5.25. The average Bonchev–Trinajstić information content (AvgIpc) is 3.27. The van der Waals surface area contributed by atoms with Gasteiger partial charge < -0.3 is 0 Å². The zero-order valence-electron chi connectivity index (χ0n) is 17.3. The lowest BCUT2D eigenvalue weighted by Gasteiger charge is -2.15. The van der Waals surface area contributed by atoms with E-state index in [0.717, 1.165) is 24.0 Å². The van der Waals surface area contributed by atoms with E-state index >= 15 is 0 Å². The number of carbonyl (C=O) groups is 2. The minimum atomic E-state index is -3.52.